The van der Waals surface area contributed by atoms with Gasteiger partial charge in [0.05, 0.1) is 5.69 Å². The second-order valence-corrected chi connectivity index (χ2v) is 3.13. The van der Waals surface area contributed by atoms with Crippen molar-refractivity contribution in [3.63, 3.8) is 0 Å². The van der Waals surface area contributed by atoms with Crippen molar-refractivity contribution in [1.82, 2.24) is 9.78 Å². The van der Waals surface area contributed by atoms with Crippen molar-refractivity contribution >= 4 is 6.08 Å². The van der Waals surface area contributed by atoms with Gasteiger partial charge in [-0.15, -0.1) is 0 Å². The lowest BCUT2D eigenvalue weighted by Crippen LogP contribution is -1.93. The van der Waals surface area contributed by atoms with Gasteiger partial charge in [0.1, 0.15) is 5.83 Å². The molecule has 0 aliphatic carbocycles. The summed E-state index contributed by atoms with van der Waals surface area (Å²) in [6, 6.07) is 9.25. The third kappa shape index (κ3) is 2.31. The van der Waals surface area contributed by atoms with E-state index in [0.29, 0.717) is 0 Å². The predicted octanol–water partition coefficient (Wildman–Crippen LogP) is 3.02. The fourth-order valence-electron chi connectivity index (χ4n) is 1.33. The number of halogens is 1. The average Bonchev–Trinajstić information content (AvgIpc) is 2.71. The smallest absolute Gasteiger partial charge is 0.101 e. The van der Waals surface area contributed by atoms with Gasteiger partial charge in [-0.3, -0.25) is 0 Å². The molecule has 0 spiro atoms. The predicted molar refractivity (Wildman–Crippen MR) is 58.0 cm³/mol. The lowest BCUT2D eigenvalue weighted by molar-refractivity contribution is 0.673. The molecule has 3 heteroatoms. The molecule has 1 heterocycles. The van der Waals surface area contributed by atoms with E-state index >= 15 is 0 Å². The second-order valence-electron chi connectivity index (χ2n) is 3.13. The van der Waals surface area contributed by atoms with Crippen LogP contribution in [-0.4, -0.2) is 9.78 Å². The van der Waals surface area contributed by atoms with E-state index in [0.717, 1.165) is 11.3 Å². The molecule has 0 bridgehead atoms. The quantitative estimate of drug-likeness (QED) is 0.730. The monoisotopic (exact) mass is 201 g/mol. The van der Waals surface area contributed by atoms with Crippen LogP contribution in [0.1, 0.15) is 5.56 Å². The molecule has 0 amide bonds. The third-order valence-electron chi connectivity index (χ3n) is 1.99. The van der Waals surface area contributed by atoms with E-state index in [4.69, 9.17) is 0 Å². The summed E-state index contributed by atoms with van der Waals surface area (Å²) < 4.78 is 14.2. The Morgan fingerprint density at radius 1 is 1.33 bits per heavy atom. The molecule has 1 aromatic heterocycles. The Kier molecular flexibility index (Phi) is 2.63. The van der Waals surface area contributed by atoms with E-state index in [-0.39, 0.29) is 0 Å². The maximum absolute atomic E-state index is 12.5. The topological polar surface area (TPSA) is 17.8 Å². The molecule has 1 radical (unpaired) electrons. The van der Waals surface area contributed by atoms with E-state index in [1.807, 2.05) is 36.5 Å². The molecular weight excluding hydrogens is 191 g/mol. The maximum Gasteiger partial charge on any atom is 0.101 e. The molecule has 0 aliphatic heterocycles. The summed E-state index contributed by atoms with van der Waals surface area (Å²) in [7, 11) is 0. The van der Waals surface area contributed by atoms with E-state index in [2.05, 4.69) is 12.0 Å². The van der Waals surface area contributed by atoms with Crippen molar-refractivity contribution in [2.24, 2.45) is 0 Å². The molecule has 0 fully saturated rings. The number of rotatable bonds is 2. The zero-order valence-electron chi connectivity index (χ0n) is 8.10. The molecule has 0 N–H and O–H groups in total. The zero-order chi connectivity index (χ0) is 10.7. The first-order chi connectivity index (χ1) is 7.25. The van der Waals surface area contributed by atoms with Gasteiger partial charge in [-0.1, -0.05) is 12.1 Å². The largest absolute Gasteiger partial charge is 0.241 e. The molecule has 2 aromatic rings. The van der Waals surface area contributed by atoms with Gasteiger partial charge in [-0.2, -0.15) is 5.10 Å². The number of allylic oxidation sites excluding steroid dienone is 1. The third-order valence-corrected chi connectivity index (χ3v) is 1.99. The molecular formula is C12H10FN2. The molecule has 0 atom stereocenters. The Labute approximate surface area is 87.7 Å². The van der Waals surface area contributed by atoms with Crippen LogP contribution in [0.4, 0.5) is 4.39 Å². The summed E-state index contributed by atoms with van der Waals surface area (Å²) >= 11 is 0. The number of hydrogen-bond acceptors (Lipinski definition) is 1. The highest BCUT2D eigenvalue weighted by molar-refractivity contribution is 5.53. The summed E-state index contributed by atoms with van der Waals surface area (Å²) in [6.45, 7) is 3.18. The Bertz CT molecular complexity index is 451. The van der Waals surface area contributed by atoms with Gasteiger partial charge in [-0.25, -0.2) is 9.07 Å². The van der Waals surface area contributed by atoms with E-state index < -0.39 is 5.83 Å². The van der Waals surface area contributed by atoms with Gasteiger partial charge in [-0.05, 0) is 29.8 Å². The van der Waals surface area contributed by atoms with Crippen LogP contribution in [0.2, 0.25) is 0 Å². The molecule has 2 nitrogen and oxygen atoms in total. The Morgan fingerprint density at radius 2 is 2.07 bits per heavy atom. The fourth-order valence-corrected chi connectivity index (χ4v) is 1.33. The van der Waals surface area contributed by atoms with Gasteiger partial charge in [0.2, 0.25) is 0 Å². The first-order valence-corrected chi connectivity index (χ1v) is 4.55. The molecule has 2 rings (SSSR count). The van der Waals surface area contributed by atoms with Crippen molar-refractivity contribution < 1.29 is 4.39 Å². The lowest BCUT2D eigenvalue weighted by atomic mass is 10.2. The fraction of sp³-hybridized carbons (Fsp3) is 0. The van der Waals surface area contributed by atoms with Gasteiger partial charge in [0.25, 0.3) is 0 Å². The van der Waals surface area contributed by atoms with E-state index in [1.54, 1.807) is 10.9 Å². The van der Waals surface area contributed by atoms with Gasteiger partial charge >= 0.3 is 0 Å². The van der Waals surface area contributed by atoms with Crippen molar-refractivity contribution in [3.8, 4) is 5.69 Å². The van der Waals surface area contributed by atoms with Crippen LogP contribution in [0.25, 0.3) is 11.8 Å². The average molecular weight is 201 g/mol. The van der Waals surface area contributed by atoms with Crippen LogP contribution in [0.15, 0.2) is 48.6 Å². The van der Waals surface area contributed by atoms with Crippen molar-refractivity contribution in [3.05, 3.63) is 61.0 Å². The number of benzene rings is 1. The number of nitrogens with zero attached hydrogens (tertiary/aromatic N) is 2. The molecule has 75 valence electrons. The highest BCUT2D eigenvalue weighted by Gasteiger charge is 1.95. The number of hydrogen-bond donors (Lipinski definition) is 0. The van der Waals surface area contributed by atoms with Crippen LogP contribution >= 0.6 is 0 Å². The van der Waals surface area contributed by atoms with E-state index in [1.165, 1.54) is 6.08 Å². The van der Waals surface area contributed by atoms with Crippen molar-refractivity contribution in [2.75, 3.05) is 0 Å². The van der Waals surface area contributed by atoms with Crippen LogP contribution in [0.3, 0.4) is 0 Å². The molecule has 0 unspecified atom stereocenters. The Morgan fingerprint density at radius 3 is 2.60 bits per heavy atom. The SMILES string of the molecule is [CH2]/C(F)=C\c1ccc(-n2cccn2)cc1. The second kappa shape index (κ2) is 4.09. The minimum absolute atomic E-state index is 0.443. The maximum atomic E-state index is 12.5. The zero-order valence-corrected chi connectivity index (χ0v) is 8.10. The summed E-state index contributed by atoms with van der Waals surface area (Å²) in [5, 5.41) is 4.09. The van der Waals surface area contributed by atoms with Crippen molar-refractivity contribution in [1.29, 1.82) is 0 Å². The molecule has 0 saturated heterocycles. The minimum Gasteiger partial charge on any atom is -0.241 e. The van der Waals surface area contributed by atoms with Gasteiger partial charge < -0.3 is 0 Å². The van der Waals surface area contributed by atoms with E-state index in [9.17, 15) is 4.39 Å². The Balaban J connectivity index is 2.29. The summed E-state index contributed by atoms with van der Waals surface area (Å²) in [4.78, 5) is 0. The van der Waals surface area contributed by atoms with Crippen LogP contribution in [0.5, 0.6) is 0 Å². The van der Waals surface area contributed by atoms with Gasteiger partial charge in [0.15, 0.2) is 0 Å². The van der Waals surface area contributed by atoms with Crippen molar-refractivity contribution in [2.45, 2.75) is 0 Å². The molecule has 1 aromatic carbocycles. The summed E-state index contributed by atoms with van der Waals surface area (Å²) in [5.41, 5.74) is 1.74. The standard InChI is InChI=1S/C12H10FN2/c1-10(13)9-11-3-5-12(6-4-11)15-8-2-7-14-15/h2-9H,1H2/b10-9+. The summed E-state index contributed by atoms with van der Waals surface area (Å²) in [6.07, 6.45) is 4.95. The molecule has 0 aliphatic rings. The minimum atomic E-state index is -0.443. The van der Waals surface area contributed by atoms with Crippen LogP contribution < -0.4 is 0 Å². The van der Waals surface area contributed by atoms with Gasteiger partial charge in [0, 0.05) is 19.3 Å². The highest BCUT2D eigenvalue weighted by Crippen LogP contribution is 2.11. The molecule has 15 heavy (non-hydrogen) atoms. The first-order valence-electron chi connectivity index (χ1n) is 4.55. The summed E-state index contributed by atoms with van der Waals surface area (Å²) in [5.74, 6) is -0.443. The van der Waals surface area contributed by atoms with Crippen LogP contribution in [0, 0.1) is 6.92 Å². The first kappa shape index (κ1) is 9.65. The number of aromatic nitrogens is 2. The Hall–Kier alpha value is -1.90. The lowest BCUT2D eigenvalue weighted by Gasteiger charge is -2.01. The molecule has 0 saturated carbocycles. The highest BCUT2D eigenvalue weighted by atomic mass is 19.1. The normalized spacial score (nSPS) is 11.7. The van der Waals surface area contributed by atoms with Crippen LogP contribution in [-0.2, 0) is 0 Å².